The van der Waals surface area contributed by atoms with Gasteiger partial charge in [-0.05, 0) is 12.6 Å². The average Bonchev–Trinajstić information content (AvgIpc) is 1.67. The van der Waals surface area contributed by atoms with Gasteiger partial charge in [0.1, 0.15) is 0 Å². The van der Waals surface area contributed by atoms with Gasteiger partial charge in [0, 0.05) is 5.92 Å². The van der Waals surface area contributed by atoms with E-state index < -0.39 is 0 Å². The number of hydrogen-bond acceptors (Lipinski definition) is 2. The number of primary amides is 1. The van der Waals surface area contributed by atoms with Crippen molar-refractivity contribution in [3.63, 3.8) is 0 Å². The second-order valence-corrected chi connectivity index (χ2v) is 1.74. The number of carbonyl (C=O) groups excluding carboxylic acids is 1. The zero-order chi connectivity index (χ0) is 6.57. The Morgan fingerprint density at radius 1 is 2.00 bits per heavy atom. The summed E-state index contributed by atoms with van der Waals surface area (Å²) in [6, 6.07) is 0. The van der Waals surface area contributed by atoms with Crippen molar-refractivity contribution in [1.29, 1.82) is 5.41 Å². The highest BCUT2D eigenvalue weighted by Gasteiger charge is 2.04. The standard InChI is InChI=1S/C5H10N2O/c1-4(2-3-6)5(7)8/h3-4,6H,2H2,1H3,(H2,7,8). The number of carbonyl (C=O) groups is 1. The summed E-state index contributed by atoms with van der Waals surface area (Å²) >= 11 is 0. The largest absolute Gasteiger partial charge is 0.369 e. The fourth-order valence-corrected chi connectivity index (χ4v) is 0.293. The Hall–Kier alpha value is -0.860. The molecule has 0 aromatic rings. The summed E-state index contributed by atoms with van der Waals surface area (Å²) in [6.07, 6.45) is 1.64. The third-order valence-corrected chi connectivity index (χ3v) is 0.957. The van der Waals surface area contributed by atoms with Crippen molar-refractivity contribution in [2.75, 3.05) is 0 Å². The van der Waals surface area contributed by atoms with Gasteiger partial charge in [0.2, 0.25) is 5.91 Å². The highest BCUT2D eigenvalue weighted by Crippen LogP contribution is 1.95. The molecule has 0 aromatic heterocycles. The van der Waals surface area contributed by atoms with Gasteiger partial charge in [0.15, 0.2) is 0 Å². The molecule has 0 aliphatic heterocycles. The quantitative estimate of drug-likeness (QED) is 0.504. The van der Waals surface area contributed by atoms with Crippen molar-refractivity contribution in [3.05, 3.63) is 0 Å². The van der Waals surface area contributed by atoms with Crippen molar-refractivity contribution < 1.29 is 4.79 Å². The summed E-state index contributed by atoms with van der Waals surface area (Å²) < 4.78 is 0. The molecule has 1 atom stereocenters. The van der Waals surface area contributed by atoms with Crippen LogP contribution in [0.25, 0.3) is 0 Å². The molecular weight excluding hydrogens is 104 g/mol. The van der Waals surface area contributed by atoms with Crippen LogP contribution in [-0.2, 0) is 4.79 Å². The van der Waals surface area contributed by atoms with Crippen LogP contribution in [0.4, 0.5) is 0 Å². The van der Waals surface area contributed by atoms with Gasteiger partial charge in [-0.15, -0.1) is 0 Å². The van der Waals surface area contributed by atoms with Gasteiger partial charge in [0.05, 0.1) is 0 Å². The summed E-state index contributed by atoms with van der Waals surface area (Å²) in [5.41, 5.74) is 4.88. The van der Waals surface area contributed by atoms with Crippen LogP contribution in [0.5, 0.6) is 0 Å². The van der Waals surface area contributed by atoms with Crippen LogP contribution in [0.1, 0.15) is 13.3 Å². The van der Waals surface area contributed by atoms with Crippen LogP contribution in [0, 0.1) is 11.3 Å². The summed E-state index contributed by atoms with van der Waals surface area (Å²) in [6.45, 7) is 1.70. The van der Waals surface area contributed by atoms with Gasteiger partial charge in [-0.2, -0.15) is 0 Å². The Morgan fingerprint density at radius 2 is 2.50 bits per heavy atom. The zero-order valence-corrected chi connectivity index (χ0v) is 4.85. The topological polar surface area (TPSA) is 66.9 Å². The molecule has 0 radical (unpaired) electrons. The number of nitrogens with one attached hydrogen (secondary N) is 1. The molecule has 0 aliphatic rings. The molecule has 0 heterocycles. The Bertz CT molecular complexity index is 101. The molecule has 3 nitrogen and oxygen atoms in total. The van der Waals surface area contributed by atoms with Crippen molar-refractivity contribution in [3.8, 4) is 0 Å². The first kappa shape index (κ1) is 7.14. The van der Waals surface area contributed by atoms with E-state index in [1.807, 2.05) is 0 Å². The smallest absolute Gasteiger partial charge is 0.220 e. The fraction of sp³-hybridized carbons (Fsp3) is 0.600. The summed E-state index contributed by atoms with van der Waals surface area (Å²) in [5.74, 6) is -0.527. The second kappa shape index (κ2) is 3.18. The first-order valence-corrected chi connectivity index (χ1v) is 2.46. The Balaban J connectivity index is 3.46. The molecule has 0 saturated heterocycles. The lowest BCUT2D eigenvalue weighted by atomic mass is 10.1. The van der Waals surface area contributed by atoms with E-state index in [-0.39, 0.29) is 11.8 Å². The van der Waals surface area contributed by atoms with E-state index in [2.05, 4.69) is 0 Å². The number of nitrogens with two attached hydrogens (primary N) is 1. The lowest BCUT2D eigenvalue weighted by Crippen LogP contribution is -2.20. The molecule has 0 fully saturated rings. The number of hydrogen-bond donors (Lipinski definition) is 2. The van der Waals surface area contributed by atoms with Crippen LogP contribution >= 0.6 is 0 Å². The minimum absolute atomic E-state index is 0.188. The minimum Gasteiger partial charge on any atom is -0.369 e. The van der Waals surface area contributed by atoms with Crippen molar-refractivity contribution in [1.82, 2.24) is 0 Å². The average molecular weight is 114 g/mol. The van der Waals surface area contributed by atoms with Gasteiger partial charge in [-0.3, -0.25) is 4.79 Å². The molecule has 46 valence electrons. The first-order valence-electron chi connectivity index (χ1n) is 2.46. The van der Waals surface area contributed by atoms with Crippen LogP contribution in [0.15, 0.2) is 0 Å². The Kier molecular flexibility index (Phi) is 2.84. The van der Waals surface area contributed by atoms with E-state index in [0.717, 1.165) is 0 Å². The molecule has 0 aromatic carbocycles. The molecule has 3 N–H and O–H groups in total. The molecule has 0 aliphatic carbocycles. The van der Waals surface area contributed by atoms with E-state index in [9.17, 15) is 4.79 Å². The van der Waals surface area contributed by atoms with E-state index in [1.165, 1.54) is 6.21 Å². The lowest BCUT2D eigenvalue weighted by molar-refractivity contribution is -0.121. The maximum Gasteiger partial charge on any atom is 0.220 e. The third-order valence-electron chi connectivity index (χ3n) is 0.957. The molecule has 1 amide bonds. The van der Waals surface area contributed by atoms with Gasteiger partial charge >= 0.3 is 0 Å². The van der Waals surface area contributed by atoms with E-state index in [4.69, 9.17) is 11.1 Å². The van der Waals surface area contributed by atoms with E-state index in [0.29, 0.717) is 6.42 Å². The predicted octanol–water partition coefficient (Wildman–Crippen LogP) is 0.147. The van der Waals surface area contributed by atoms with Gasteiger partial charge in [-0.1, -0.05) is 6.92 Å². The molecule has 3 heteroatoms. The normalized spacial score (nSPS) is 12.6. The SMILES string of the molecule is CC(CC=N)C(N)=O. The van der Waals surface area contributed by atoms with Crippen molar-refractivity contribution >= 4 is 12.1 Å². The summed E-state index contributed by atoms with van der Waals surface area (Å²) in [7, 11) is 0. The van der Waals surface area contributed by atoms with Crippen LogP contribution in [0.3, 0.4) is 0 Å². The molecule has 0 saturated carbocycles. The summed E-state index contributed by atoms with van der Waals surface area (Å²) in [4.78, 5) is 10.2. The van der Waals surface area contributed by atoms with Crippen molar-refractivity contribution in [2.45, 2.75) is 13.3 Å². The molecule has 0 bridgehead atoms. The van der Waals surface area contributed by atoms with E-state index >= 15 is 0 Å². The Labute approximate surface area is 48.4 Å². The first-order chi connectivity index (χ1) is 3.68. The summed E-state index contributed by atoms with van der Waals surface area (Å²) in [5, 5.41) is 6.59. The molecule has 0 spiro atoms. The van der Waals surface area contributed by atoms with Gasteiger partial charge in [-0.25, -0.2) is 0 Å². The van der Waals surface area contributed by atoms with Crippen LogP contribution in [-0.4, -0.2) is 12.1 Å². The van der Waals surface area contributed by atoms with Crippen LogP contribution in [0.2, 0.25) is 0 Å². The monoisotopic (exact) mass is 114 g/mol. The predicted molar refractivity (Wildman–Crippen MR) is 31.8 cm³/mol. The maximum absolute atomic E-state index is 10.2. The molecule has 8 heavy (non-hydrogen) atoms. The number of amides is 1. The second-order valence-electron chi connectivity index (χ2n) is 1.74. The molecule has 0 rings (SSSR count). The zero-order valence-electron chi connectivity index (χ0n) is 4.85. The molecule has 1 unspecified atom stereocenters. The number of rotatable bonds is 3. The highest BCUT2D eigenvalue weighted by molar-refractivity contribution is 5.78. The lowest BCUT2D eigenvalue weighted by Gasteiger charge is -1.98. The maximum atomic E-state index is 10.2. The Morgan fingerprint density at radius 3 is 2.62 bits per heavy atom. The fourth-order valence-electron chi connectivity index (χ4n) is 0.293. The van der Waals surface area contributed by atoms with Crippen LogP contribution < -0.4 is 5.73 Å². The van der Waals surface area contributed by atoms with Gasteiger partial charge in [0.25, 0.3) is 0 Å². The van der Waals surface area contributed by atoms with Gasteiger partial charge < -0.3 is 11.1 Å². The van der Waals surface area contributed by atoms with Crippen molar-refractivity contribution in [2.24, 2.45) is 11.7 Å². The highest BCUT2D eigenvalue weighted by atomic mass is 16.1. The third kappa shape index (κ3) is 2.34. The minimum atomic E-state index is -0.339. The molecular formula is C5H10N2O. The van der Waals surface area contributed by atoms with E-state index in [1.54, 1.807) is 6.92 Å².